The number of nitro groups is 1. The fourth-order valence-corrected chi connectivity index (χ4v) is 4.11. The number of likely N-dealkylation sites (N-methyl/N-ethyl adjacent to an activating group) is 1. The van der Waals surface area contributed by atoms with Crippen LogP contribution in [-0.4, -0.2) is 25.0 Å². The van der Waals surface area contributed by atoms with Crippen molar-refractivity contribution in [2.45, 2.75) is 12.8 Å². The van der Waals surface area contributed by atoms with Crippen molar-refractivity contribution in [3.63, 3.8) is 0 Å². The first-order valence-corrected chi connectivity index (χ1v) is 9.79. The Hall–Kier alpha value is -4.00. The summed E-state index contributed by atoms with van der Waals surface area (Å²) in [5.74, 6) is 0.180. The number of hydrogen-bond acceptors (Lipinski definition) is 6. The number of hydrogen-bond donors (Lipinski definition) is 0. The maximum Gasteiger partial charge on any atom is 0.363 e. The fraction of sp³-hybridized carbons (Fsp3) is 0.167. The molecule has 1 spiro atoms. The minimum atomic E-state index is -1.20. The van der Waals surface area contributed by atoms with Gasteiger partial charge in [-0.25, -0.2) is 0 Å². The summed E-state index contributed by atoms with van der Waals surface area (Å²) in [4.78, 5) is 12.8. The molecule has 2 aliphatic rings. The van der Waals surface area contributed by atoms with Gasteiger partial charge in [0.25, 0.3) is 5.69 Å². The molecular formula is C24H20N2O5. The summed E-state index contributed by atoms with van der Waals surface area (Å²) in [7, 11) is 3.36. The monoisotopic (exact) mass is 416 g/mol. The normalized spacial score (nSPS) is 18.5. The van der Waals surface area contributed by atoms with Gasteiger partial charge in [0, 0.05) is 24.3 Å². The number of fused-ring (bicyclic) bond motifs is 2. The van der Waals surface area contributed by atoms with Gasteiger partial charge in [-0.05, 0) is 36.3 Å². The molecule has 0 amide bonds. The first-order chi connectivity index (χ1) is 14.9. The summed E-state index contributed by atoms with van der Waals surface area (Å²) >= 11 is 0. The lowest BCUT2D eigenvalue weighted by molar-refractivity contribution is -0.385. The highest BCUT2D eigenvalue weighted by molar-refractivity contribution is 5.78. The molecule has 2 aliphatic heterocycles. The molecule has 0 aromatic heterocycles. The van der Waals surface area contributed by atoms with Crippen molar-refractivity contribution in [3.8, 4) is 28.4 Å². The zero-order chi connectivity index (χ0) is 21.8. The predicted octanol–water partition coefficient (Wildman–Crippen LogP) is 5.25. The van der Waals surface area contributed by atoms with Crippen LogP contribution in [0.4, 0.5) is 11.4 Å². The number of nitro benzene ring substituents is 1. The van der Waals surface area contributed by atoms with Crippen LogP contribution in [0.2, 0.25) is 0 Å². The van der Waals surface area contributed by atoms with E-state index in [0.29, 0.717) is 17.1 Å². The second kappa shape index (κ2) is 6.77. The van der Waals surface area contributed by atoms with Crippen LogP contribution in [0.1, 0.15) is 12.5 Å². The van der Waals surface area contributed by atoms with E-state index in [1.807, 2.05) is 55.3 Å². The van der Waals surface area contributed by atoms with E-state index in [1.165, 1.54) is 19.2 Å². The Morgan fingerprint density at radius 2 is 1.81 bits per heavy atom. The Kier molecular flexibility index (Phi) is 4.15. The third kappa shape index (κ3) is 2.81. The second-order valence-electron chi connectivity index (χ2n) is 7.54. The Labute approximate surface area is 179 Å². The Morgan fingerprint density at radius 3 is 2.52 bits per heavy atom. The van der Waals surface area contributed by atoms with Gasteiger partial charge in [-0.3, -0.25) is 15.0 Å². The number of nitrogens with zero attached hydrogens (tertiary/aromatic N) is 2. The Morgan fingerprint density at radius 1 is 1.03 bits per heavy atom. The molecule has 7 heteroatoms. The molecule has 5 rings (SSSR count). The van der Waals surface area contributed by atoms with Gasteiger partial charge in [-0.15, -0.1) is 0 Å². The van der Waals surface area contributed by atoms with E-state index in [1.54, 1.807) is 0 Å². The molecule has 156 valence electrons. The second-order valence-corrected chi connectivity index (χ2v) is 7.54. The van der Waals surface area contributed by atoms with Gasteiger partial charge in [-0.1, -0.05) is 36.4 Å². The molecule has 0 N–H and O–H groups in total. The molecule has 0 bridgehead atoms. The van der Waals surface area contributed by atoms with E-state index < -0.39 is 10.8 Å². The molecule has 1 atom stereocenters. The zero-order valence-electron chi connectivity index (χ0n) is 17.3. The van der Waals surface area contributed by atoms with Gasteiger partial charge in [0.15, 0.2) is 11.5 Å². The summed E-state index contributed by atoms with van der Waals surface area (Å²) in [5.41, 5.74) is 4.34. The van der Waals surface area contributed by atoms with Gasteiger partial charge in [0.05, 0.1) is 23.8 Å². The van der Waals surface area contributed by atoms with Crippen LogP contribution in [0.3, 0.4) is 0 Å². The van der Waals surface area contributed by atoms with Crippen LogP contribution in [0.25, 0.3) is 17.2 Å². The standard InChI is InChI=1S/C24H20N2O5/c1-15-11-18-12-19(26(27)28)14-22(29-3)23(18)31-24(15)25(2)20-13-17(9-10-21(20)30-24)16-7-5-4-6-8-16/h4-14H,1-3H3. The highest BCUT2D eigenvalue weighted by Crippen LogP contribution is 2.51. The molecule has 0 aliphatic carbocycles. The topological polar surface area (TPSA) is 74.1 Å². The summed E-state index contributed by atoms with van der Waals surface area (Å²) in [6, 6.07) is 19.0. The SMILES string of the molecule is COc1cc([N+](=O)[O-])cc2c1OC1(Oc3ccc(-c4ccccc4)cc3N1C)C(C)=C2. The average molecular weight is 416 g/mol. The van der Waals surface area contributed by atoms with Crippen molar-refractivity contribution >= 4 is 17.5 Å². The third-order valence-electron chi connectivity index (χ3n) is 5.73. The van der Waals surface area contributed by atoms with Crippen molar-refractivity contribution in [1.82, 2.24) is 0 Å². The number of anilines is 1. The third-order valence-corrected chi connectivity index (χ3v) is 5.73. The maximum absolute atomic E-state index is 11.3. The van der Waals surface area contributed by atoms with Crippen LogP contribution in [0.5, 0.6) is 17.2 Å². The van der Waals surface area contributed by atoms with E-state index in [9.17, 15) is 10.1 Å². The van der Waals surface area contributed by atoms with Crippen molar-refractivity contribution in [3.05, 3.63) is 81.9 Å². The lowest BCUT2D eigenvalue weighted by Gasteiger charge is -2.39. The number of rotatable bonds is 3. The van der Waals surface area contributed by atoms with Crippen LogP contribution in [0, 0.1) is 10.1 Å². The molecule has 0 saturated heterocycles. The highest BCUT2D eigenvalue weighted by Gasteiger charge is 2.51. The van der Waals surface area contributed by atoms with Crippen molar-refractivity contribution < 1.29 is 19.1 Å². The van der Waals surface area contributed by atoms with Crippen molar-refractivity contribution in [2.75, 3.05) is 19.1 Å². The van der Waals surface area contributed by atoms with Crippen molar-refractivity contribution in [2.24, 2.45) is 0 Å². The van der Waals surface area contributed by atoms with Crippen LogP contribution in [0.15, 0.2) is 66.2 Å². The molecule has 7 nitrogen and oxygen atoms in total. The molecule has 31 heavy (non-hydrogen) atoms. The van der Waals surface area contributed by atoms with Crippen molar-refractivity contribution in [1.29, 1.82) is 0 Å². The van der Waals surface area contributed by atoms with Gasteiger partial charge in [0.1, 0.15) is 5.75 Å². The Bertz CT molecular complexity index is 1240. The zero-order valence-corrected chi connectivity index (χ0v) is 17.3. The van der Waals surface area contributed by atoms with E-state index in [-0.39, 0.29) is 11.4 Å². The smallest absolute Gasteiger partial charge is 0.363 e. The van der Waals surface area contributed by atoms with Crippen LogP contribution in [-0.2, 0) is 0 Å². The van der Waals surface area contributed by atoms with E-state index in [4.69, 9.17) is 14.2 Å². The summed E-state index contributed by atoms with van der Waals surface area (Å²) in [6.45, 7) is 1.88. The predicted molar refractivity (Wildman–Crippen MR) is 118 cm³/mol. The molecule has 2 heterocycles. The molecule has 3 aromatic rings. The fourth-order valence-electron chi connectivity index (χ4n) is 4.11. The number of methoxy groups -OCH3 is 1. The quantitative estimate of drug-likeness (QED) is 0.429. The number of ether oxygens (including phenoxy) is 3. The summed E-state index contributed by atoms with van der Waals surface area (Å²) in [5, 5.41) is 11.3. The first kappa shape index (κ1) is 19.0. The van der Waals surface area contributed by atoms with Gasteiger partial charge >= 0.3 is 5.91 Å². The minimum absolute atomic E-state index is 0.0596. The van der Waals surface area contributed by atoms with Gasteiger partial charge < -0.3 is 14.2 Å². The lowest BCUT2D eigenvalue weighted by atomic mass is 10.0. The highest BCUT2D eigenvalue weighted by atomic mass is 16.7. The maximum atomic E-state index is 11.3. The largest absolute Gasteiger partial charge is 0.493 e. The first-order valence-electron chi connectivity index (χ1n) is 9.79. The summed E-state index contributed by atoms with van der Waals surface area (Å²) < 4.78 is 18.1. The van der Waals surface area contributed by atoms with Crippen LogP contribution < -0.4 is 19.1 Å². The molecule has 0 radical (unpaired) electrons. The minimum Gasteiger partial charge on any atom is -0.493 e. The number of non-ortho nitro benzene ring substituents is 1. The number of benzene rings is 3. The molecule has 1 unspecified atom stereocenters. The van der Waals surface area contributed by atoms with E-state index in [2.05, 4.69) is 18.2 Å². The van der Waals surface area contributed by atoms with E-state index >= 15 is 0 Å². The molecule has 0 saturated carbocycles. The average Bonchev–Trinajstić information content (AvgIpc) is 3.06. The van der Waals surface area contributed by atoms with Gasteiger partial charge in [0.2, 0.25) is 0 Å². The van der Waals surface area contributed by atoms with Crippen LogP contribution >= 0.6 is 0 Å². The summed E-state index contributed by atoms with van der Waals surface area (Å²) in [6.07, 6.45) is 1.84. The molecule has 0 fully saturated rings. The van der Waals surface area contributed by atoms with E-state index in [0.717, 1.165) is 22.4 Å². The molecule has 3 aromatic carbocycles. The lowest BCUT2D eigenvalue weighted by Crippen LogP contribution is -2.54. The Balaban J connectivity index is 1.58. The molecular weight excluding hydrogens is 396 g/mol. The van der Waals surface area contributed by atoms with Gasteiger partial charge in [-0.2, -0.15) is 0 Å².